The van der Waals surface area contributed by atoms with Crippen molar-refractivity contribution in [2.24, 2.45) is 0 Å². The SMILES string of the molecule is COc1c(C)c(O)c2c(c1O)C(=O)c1cccc(O[C@H]3O[C@H](CO)[C@@H](O)[C@H](O)[C@H]3O)c1C2=O. The zero-order chi connectivity index (χ0) is 24.2. The fourth-order valence-corrected chi connectivity index (χ4v) is 4.12. The molecule has 0 unspecified atom stereocenters. The highest BCUT2D eigenvalue weighted by atomic mass is 16.7. The molecule has 2 aromatic rings. The molecule has 6 N–H and O–H groups in total. The maximum Gasteiger partial charge on any atom is 0.229 e. The minimum Gasteiger partial charge on any atom is -0.507 e. The number of hydrogen-bond acceptors (Lipinski definition) is 11. The van der Waals surface area contributed by atoms with Gasteiger partial charge in [0.05, 0.1) is 30.4 Å². The van der Waals surface area contributed by atoms with Crippen molar-refractivity contribution in [3.8, 4) is 23.0 Å². The third-order valence-corrected chi connectivity index (χ3v) is 5.88. The number of carbonyl (C=O) groups is 2. The summed E-state index contributed by atoms with van der Waals surface area (Å²) in [6.07, 6.45) is -7.92. The number of aliphatic hydroxyl groups is 4. The summed E-state index contributed by atoms with van der Waals surface area (Å²) in [7, 11) is 1.24. The maximum absolute atomic E-state index is 13.4. The average molecular weight is 462 g/mol. The van der Waals surface area contributed by atoms with Crippen LogP contribution < -0.4 is 9.47 Å². The van der Waals surface area contributed by atoms with Crippen molar-refractivity contribution in [2.75, 3.05) is 13.7 Å². The molecule has 11 heteroatoms. The Kier molecular flexibility index (Phi) is 5.76. The molecular formula is C22H22O11. The monoisotopic (exact) mass is 462 g/mol. The van der Waals surface area contributed by atoms with Gasteiger partial charge < -0.3 is 44.8 Å². The van der Waals surface area contributed by atoms with Gasteiger partial charge in [-0.25, -0.2) is 0 Å². The van der Waals surface area contributed by atoms with E-state index in [1.54, 1.807) is 0 Å². The normalized spacial score (nSPS) is 26.5. The van der Waals surface area contributed by atoms with Crippen LogP contribution in [-0.4, -0.2) is 86.6 Å². The second kappa shape index (κ2) is 8.28. The second-order valence-corrected chi connectivity index (χ2v) is 7.76. The van der Waals surface area contributed by atoms with Crippen molar-refractivity contribution >= 4 is 11.6 Å². The van der Waals surface area contributed by atoms with Crippen molar-refractivity contribution in [1.82, 2.24) is 0 Å². The number of rotatable bonds is 4. The second-order valence-electron chi connectivity index (χ2n) is 7.76. The highest BCUT2D eigenvalue weighted by molar-refractivity contribution is 6.31. The van der Waals surface area contributed by atoms with Crippen LogP contribution in [0.5, 0.6) is 23.0 Å². The number of aromatic hydroxyl groups is 2. The predicted molar refractivity (Wildman–Crippen MR) is 109 cm³/mol. The molecule has 2 aromatic carbocycles. The standard InChI is InChI=1S/C22H22O11/c1-7-14(24)12-13(18(28)21(7)31-2)15(25)8-4-3-5-9(11(8)17(12)27)32-22-20(30)19(29)16(26)10(6-23)33-22/h3-5,10,16,19-20,22-24,26,28-30H,6H2,1-2H3/t10-,16-,19+,20-,22+/m1/s1. The lowest BCUT2D eigenvalue weighted by molar-refractivity contribution is -0.277. The zero-order valence-electron chi connectivity index (χ0n) is 17.6. The van der Waals surface area contributed by atoms with E-state index in [9.17, 15) is 40.2 Å². The Labute approximate surface area is 187 Å². The van der Waals surface area contributed by atoms with Gasteiger partial charge in [-0.3, -0.25) is 9.59 Å². The zero-order valence-corrected chi connectivity index (χ0v) is 17.6. The van der Waals surface area contributed by atoms with Crippen LogP contribution in [0.2, 0.25) is 0 Å². The summed E-state index contributed by atoms with van der Waals surface area (Å²) < 4.78 is 16.0. The molecule has 1 fully saturated rings. The van der Waals surface area contributed by atoms with E-state index in [0.717, 1.165) is 0 Å². The molecule has 4 rings (SSSR count). The van der Waals surface area contributed by atoms with E-state index in [1.165, 1.54) is 32.2 Å². The van der Waals surface area contributed by atoms with Crippen molar-refractivity contribution < 1.29 is 54.4 Å². The Balaban J connectivity index is 1.81. The number of carbonyl (C=O) groups excluding carboxylic acids is 2. The van der Waals surface area contributed by atoms with Crippen LogP contribution >= 0.6 is 0 Å². The fourth-order valence-electron chi connectivity index (χ4n) is 4.12. The predicted octanol–water partition coefficient (Wildman–Crippen LogP) is -0.631. The summed E-state index contributed by atoms with van der Waals surface area (Å²) in [5.74, 6) is -3.11. The quantitative estimate of drug-likeness (QED) is 0.271. The number of methoxy groups -OCH3 is 1. The van der Waals surface area contributed by atoms with Gasteiger partial charge in [0.15, 0.2) is 17.3 Å². The Morgan fingerprint density at radius 3 is 2.24 bits per heavy atom. The number of hydrogen-bond donors (Lipinski definition) is 6. The van der Waals surface area contributed by atoms with Crippen molar-refractivity contribution in [3.05, 3.63) is 46.0 Å². The van der Waals surface area contributed by atoms with Gasteiger partial charge in [-0.15, -0.1) is 0 Å². The van der Waals surface area contributed by atoms with E-state index >= 15 is 0 Å². The van der Waals surface area contributed by atoms with Crippen LogP contribution in [0.1, 0.15) is 37.4 Å². The third kappa shape index (κ3) is 3.33. The van der Waals surface area contributed by atoms with Crippen LogP contribution in [0.4, 0.5) is 0 Å². The molecule has 33 heavy (non-hydrogen) atoms. The number of aliphatic hydroxyl groups excluding tert-OH is 4. The molecule has 0 spiro atoms. The van der Waals surface area contributed by atoms with Gasteiger partial charge in [0.2, 0.25) is 12.1 Å². The molecule has 1 aliphatic heterocycles. The topological polar surface area (TPSA) is 183 Å². The fraction of sp³-hybridized carbons (Fsp3) is 0.364. The molecule has 2 aliphatic rings. The maximum atomic E-state index is 13.4. The first kappa shape index (κ1) is 23.0. The summed E-state index contributed by atoms with van der Waals surface area (Å²) in [6.45, 7) is 0.717. The van der Waals surface area contributed by atoms with Gasteiger partial charge in [0.25, 0.3) is 0 Å². The minimum atomic E-state index is -1.75. The van der Waals surface area contributed by atoms with E-state index in [-0.39, 0.29) is 28.2 Å². The number of ether oxygens (including phenoxy) is 3. The van der Waals surface area contributed by atoms with Gasteiger partial charge >= 0.3 is 0 Å². The highest BCUT2D eigenvalue weighted by Gasteiger charge is 2.46. The lowest BCUT2D eigenvalue weighted by Crippen LogP contribution is -2.60. The Bertz CT molecular complexity index is 1140. The molecule has 0 bridgehead atoms. The summed E-state index contributed by atoms with van der Waals surface area (Å²) >= 11 is 0. The van der Waals surface area contributed by atoms with Gasteiger partial charge in [0.1, 0.15) is 35.9 Å². The van der Waals surface area contributed by atoms with E-state index < -0.39 is 71.5 Å². The Hall–Kier alpha value is -3.22. The van der Waals surface area contributed by atoms with Crippen LogP contribution in [0.15, 0.2) is 18.2 Å². The molecule has 1 saturated heterocycles. The summed E-state index contributed by atoms with van der Waals surface area (Å²) in [4.78, 5) is 26.6. The smallest absolute Gasteiger partial charge is 0.229 e. The molecule has 5 atom stereocenters. The number of ketones is 2. The number of benzene rings is 2. The van der Waals surface area contributed by atoms with Crippen LogP contribution in [0.25, 0.3) is 0 Å². The first-order chi connectivity index (χ1) is 15.6. The van der Waals surface area contributed by atoms with E-state index in [1.807, 2.05) is 0 Å². The van der Waals surface area contributed by atoms with Crippen molar-refractivity contribution in [1.29, 1.82) is 0 Å². The molecule has 0 amide bonds. The van der Waals surface area contributed by atoms with Gasteiger partial charge in [-0.2, -0.15) is 0 Å². The molecule has 11 nitrogen and oxygen atoms in total. The average Bonchev–Trinajstić information content (AvgIpc) is 2.80. The molecule has 0 radical (unpaired) electrons. The van der Waals surface area contributed by atoms with Gasteiger partial charge in [0, 0.05) is 11.1 Å². The van der Waals surface area contributed by atoms with E-state index in [2.05, 4.69) is 0 Å². The first-order valence-corrected chi connectivity index (χ1v) is 9.96. The molecular weight excluding hydrogens is 440 g/mol. The van der Waals surface area contributed by atoms with Crippen LogP contribution in [0.3, 0.4) is 0 Å². The van der Waals surface area contributed by atoms with Gasteiger partial charge in [-0.1, -0.05) is 12.1 Å². The summed E-state index contributed by atoms with van der Waals surface area (Å²) in [6, 6.07) is 4.02. The largest absolute Gasteiger partial charge is 0.507 e. The van der Waals surface area contributed by atoms with Crippen LogP contribution in [-0.2, 0) is 4.74 Å². The number of phenols is 2. The molecule has 1 aliphatic carbocycles. The Morgan fingerprint density at radius 1 is 0.939 bits per heavy atom. The van der Waals surface area contributed by atoms with Crippen molar-refractivity contribution in [2.45, 2.75) is 37.6 Å². The molecule has 0 saturated carbocycles. The van der Waals surface area contributed by atoms with Gasteiger partial charge in [-0.05, 0) is 13.0 Å². The molecule has 0 aromatic heterocycles. The van der Waals surface area contributed by atoms with Crippen LogP contribution in [0, 0.1) is 6.92 Å². The summed E-state index contributed by atoms with van der Waals surface area (Å²) in [5.41, 5.74) is -1.21. The Morgan fingerprint density at radius 2 is 1.61 bits per heavy atom. The first-order valence-electron chi connectivity index (χ1n) is 9.96. The van der Waals surface area contributed by atoms with Crippen molar-refractivity contribution in [3.63, 3.8) is 0 Å². The van der Waals surface area contributed by atoms with E-state index in [4.69, 9.17) is 14.2 Å². The summed E-state index contributed by atoms with van der Waals surface area (Å²) in [5, 5.41) is 60.7. The third-order valence-electron chi connectivity index (χ3n) is 5.88. The number of phenolic OH excluding ortho intramolecular Hbond substituents is 2. The highest BCUT2D eigenvalue weighted by Crippen LogP contribution is 2.47. The van der Waals surface area contributed by atoms with E-state index in [0.29, 0.717) is 0 Å². The lowest BCUT2D eigenvalue weighted by Gasteiger charge is -2.39. The molecule has 176 valence electrons. The molecule has 1 heterocycles. The minimum absolute atomic E-state index is 0.0469. The lowest BCUT2D eigenvalue weighted by atomic mass is 9.81. The number of fused-ring (bicyclic) bond motifs is 2.